The summed E-state index contributed by atoms with van der Waals surface area (Å²) in [5.41, 5.74) is 3.72. The van der Waals surface area contributed by atoms with E-state index in [4.69, 9.17) is 9.84 Å². The van der Waals surface area contributed by atoms with Gasteiger partial charge in [0.2, 0.25) is 5.91 Å². The van der Waals surface area contributed by atoms with Gasteiger partial charge in [-0.15, -0.1) is 0 Å². The second kappa shape index (κ2) is 12.1. The first-order valence-electron chi connectivity index (χ1n) is 13.6. The van der Waals surface area contributed by atoms with Crippen LogP contribution in [0.3, 0.4) is 0 Å². The van der Waals surface area contributed by atoms with E-state index in [-0.39, 0.29) is 17.9 Å². The Morgan fingerprint density at radius 1 is 0.902 bits per heavy atom. The molecule has 1 N–H and O–H groups in total. The van der Waals surface area contributed by atoms with E-state index >= 15 is 0 Å². The van der Waals surface area contributed by atoms with Crippen molar-refractivity contribution in [3.63, 3.8) is 0 Å². The topological polar surface area (TPSA) is 115 Å². The molecule has 2 aromatic carbocycles. The largest absolute Gasteiger partial charge is 0.450 e. The highest BCUT2D eigenvalue weighted by atomic mass is 16.6. The molecule has 1 fully saturated rings. The van der Waals surface area contributed by atoms with Crippen LogP contribution in [-0.4, -0.2) is 80.1 Å². The summed E-state index contributed by atoms with van der Waals surface area (Å²) in [5.74, 6) is -0.438. The smallest absolute Gasteiger partial charge is 0.409 e. The lowest BCUT2D eigenvalue weighted by Gasteiger charge is -2.35. The van der Waals surface area contributed by atoms with Crippen molar-refractivity contribution in [1.29, 1.82) is 0 Å². The summed E-state index contributed by atoms with van der Waals surface area (Å²) in [6.45, 7) is 7.30. The molecule has 1 saturated heterocycles. The van der Waals surface area contributed by atoms with Gasteiger partial charge in [0, 0.05) is 44.1 Å². The number of nitrogens with zero attached hydrogens (tertiary/aromatic N) is 6. The van der Waals surface area contributed by atoms with Crippen LogP contribution in [0.4, 0.5) is 10.5 Å². The molecule has 0 spiro atoms. The third-order valence-electron chi connectivity index (χ3n) is 7.06. The quantitative estimate of drug-likeness (QED) is 0.366. The lowest BCUT2D eigenvalue weighted by atomic mass is 10.1. The molecule has 3 heterocycles. The molecule has 0 aliphatic carbocycles. The van der Waals surface area contributed by atoms with Gasteiger partial charge in [-0.3, -0.25) is 14.3 Å². The fraction of sp³-hybridized carbons (Fsp3) is 0.300. The number of hydrogen-bond donors (Lipinski definition) is 1. The lowest BCUT2D eigenvalue weighted by Crippen LogP contribution is -2.52. The second-order valence-corrected chi connectivity index (χ2v) is 9.79. The first-order valence-corrected chi connectivity index (χ1v) is 13.6. The Morgan fingerprint density at radius 2 is 1.54 bits per heavy atom. The number of para-hydroxylation sites is 1. The van der Waals surface area contributed by atoms with Gasteiger partial charge in [0.15, 0.2) is 0 Å². The first-order chi connectivity index (χ1) is 19.9. The Balaban J connectivity index is 1.32. The molecule has 4 aromatic rings. The normalized spacial score (nSPS) is 14.0. The van der Waals surface area contributed by atoms with Crippen molar-refractivity contribution in [2.75, 3.05) is 38.1 Å². The summed E-state index contributed by atoms with van der Waals surface area (Å²) in [4.78, 5) is 42.1. The Morgan fingerprint density at radius 3 is 2.20 bits per heavy atom. The summed E-state index contributed by atoms with van der Waals surface area (Å²) >= 11 is 0. The molecular weight excluding hydrogens is 522 g/mol. The van der Waals surface area contributed by atoms with Gasteiger partial charge >= 0.3 is 6.09 Å². The molecular formula is C30H33N7O4. The highest BCUT2D eigenvalue weighted by Crippen LogP contribution is 2.26. The average Bonchev–Trinajstić information content (AvgIpc) is 3.62. The van der Waals surface area contributed by atoms with Gasteiger partial charge in [0.25, 0.3) is 5.91 Å². The minimum atomic E-state index is -0.589. The molecule has 1 aliphatic heterocycles. The molecule has 3 amide bonds. The number of piperazine rings is 1. The number of rotatable bonds is 7. The summed E-state index contributed by atoms with van der Waals surface area (Å²) < 4.78 is 8.32. The van der Waals surface area contributed by atoms with Gasteiger partial charge in [-0.25, -0.2) is 9.48 Å². The van der Waals surface area contributed by atoms with Crippen LogP contribution in [0.1, 0.15) is 35.9 Å². The summed E-state index contributed by atoms with van der Waals surface area (Å²) in [7, 11) is 0. The van der Waals surface area contributed by atoms with E-state index in [1.165, 1.54) is 0 Å². The average molecular weight is 556 g/mol. The molecule has 0 bridgehead atoms. The molecule has 2 aromatic heterocycles. The van der Waals surface area contributed by atoms with Crippen LogP contribution in [0.15, 0.2) is 73.1 Å². The molecule has 11 heteroatoms. The number of ether oxygens (including phenoxy) is 1. The molecule has 0 saturated carbocycles. The predicted octanol–water partition coefficient (Wildman–Crippen LogP) is 4.16. The monoisotopic (exact) mass is 555 g/mol. The van der Waals surface area contributed by atoms with Crippen molar-refractivity contribution in [2.24, 2.45) is 0 Å². The third kappa shape index (κ3) is 5.98. The van der Waals surface area contributed by atoms with Crippen LogP contribution in [0.25, 0.3) is 16.9 Å². The maximum Gasteiger partial charge on any atom is 0.409 e. The molecule has 1 unspecified atom stereocenters. The van der Waals surface area contributed by atoms with Gasteiger partial charge in [-0.05, 0) is 32.9 Å². The van der Waals surface area contributed by atoms with Crippen molar-refractivity contribution in [2.45, 2.75) is 26.8 Å². The number of benzene rings is 2. The Bertz CT molecular complexity index is 1520. The Hall–Kier alpha value is -4.93. The van der Waals surface area contributed by atoms with Crippen LogP contribution < -0.4 is 5.32 Å². The van der Waals surface area contributed by atoms with E-state index in [1.807, 2.05) is 60.7 Å². The van der Waals surface area contributed by atoms with Crippen molar-refractivity contribution < 1.29 is 19.1 Å². The van der Waals surface area contributed by atoms with Crippen LogP contribution in [0.5, 0.6) is 0 Å². The van der Waals surface area contributed by atoms with E-state index in [1.54, 1.807) is 52.3 Å². The highest BCUT2D eigenvalue weighted by molar-refractivity contribution is 6.08. The number of nitrogens with one attached hydrogen (secondary N) is 1. The SMILES string of the molecule is CCOC(=O)N1CCN(C(=O)C(C)n2cc(NC(=O)c3cn(-c4ccccc4)nc3-c3ccccc3)c(C)n2)CC1. The maximum absolute atomic E-state index is 13.6. The van der Waals surface area contributed by atoms with Crippen LogP contribution in [-0.2, 0) is 9.53 Å². The second-order valence-electron chi connectivity index (χ2n) is 9.79. The van der Waals surface area contributed by atoms with Gasteiger partial charge in [-0.1, -0.05) is 48.5 Å². The van der Waals surface area contributed by atoms with Crippen molar-refractivity contribution in [3.05, 3.63) is 84.3 Å². The van der Waals surface area contributed by atoms with Gasteiger partial charge in [0.1, 0.15) is 11.7 Å². The molecule has 0 radical (unpaired) electrons. The summed E-state index contributed by atoms with van der Waals surface area (Å²) in [6.07, 6.45) is 3.03. The van der Waals surface area contributed by atoms with Gasteiger partial charge < -0.3 is 19.9 Å². The van der Waals surface area contributed by atoms with Crippen LogP contribution in [0.2, 0.25) is 0 Å². The zero-order valence-electron chi connectivity index (χ0n) is 23.4. The van der Waals surface area contributed by atoms with Crippen LogP contribution in [0, 0.1) is 6.92 Å². The summed E-state index contributed by atoms with van der Waals surface area (Å²) in [5, 5.41) is 12.2. The number of carbonyl (C=O) groups is 3. The molecule has 11 nitrogen and oxygen atoms in total. The van der Waals surface area contributed by atoms with Gasteiger partial charge in [-0.2, -0.15) is 10.2 Å². The fourth-order valence-electron chi connectivity index (χ4n) is 4.76. The molecule has 1 aliphatic rings. The minimum Gasteiger partial charge on any atom is -0.450 e. The van der Waals surface area contributed by atoms with Crippen LogP contribution >= 0.6 is 0 Å². The first kappa shape index (κ1) is 27.6. The van der Waals surface area contributed by atoms with E-state index in [9.17, 15) is 14.4 Å². The Kier molecular flexibility index (Phi) is 8.14. The minimum absolute atomic E-state index is 0.107. The zero-order chi connectivity index (χ0) is 28.9. The predicted molar refractivity (Wildman–Crippen MR) is 154 cm³/mol. The van der Waals surface area contributed by atoms with E-state index < -0.39 is 6.04 Å². The maximum atomic E-state index is 13.6. The molecule has 1 atom stereocenters. The van der Waals surface area contributed by atoms with Crippen molar-refractivity contribution in [3.8, 4) is 16.9 Å². The molecule has 5 rings (SSSR count). The van der Waals surface area contributed by atoms with Gasteiger partial charge in [0.05, 0.1) is 29.2 Å². The Labute approximate surface area is 238 Å². The number of anilines is 1. The number of aromatic nitrogens is 4. The summed E-state index contributed by atoms with van der Waals surface area (Å²) in [6, 6.07) is 18.6. The zero-order valence-corrected chi connectivity index (χ0v) is 23.4. The number of hydrogen-bond acceptors (Lipinski definition) is 6. The van der Waals surface area contributed by atoms with E-state index in [2.05, 4.69) is 10.4 Å². The standard InChI is InChI=1S/C30H33N7O4/c1-4-41-30(40)35-17-15-34(16-18-35)29(39)22(3)36-20-26(21(2)32-36)31-28(38)25-19-37(24-13-9-6-10-14-24)33-27(25)23-11-7-5-8-12-23/h5-14,19-20,22H,4,15-18H2,1-3H3,(H,31,38). The fourth-order valence-corrected chi connectivity index (χ4v) is 4.76. The van der Waals surface area contributed by atoms with Crippen molar-refractivity contribution in [1.82, 2.24) is 29.4 Å². The molecule has 41 heavy (non-hydrogen) atoms. The lowest BCUT2D eigenvalue weighted by molar-refractivity contribution is -0.136. The molecule has 212 valence electrons. The number of aryl methyl sites for hydroxylation is 1. The third-order valence-corrected chi connectivity index (χ3v) is 7.06. The van der Waals surface area contributed by atoms with E-state index in [0.29, 0.717) is 55.4 Å². The van der Waals surface area contributed by atoms with E-state index in [0.717, 1.165) is 11.3 Å². The number of amides is 3. The number of carbonyl (C=O) groups excluding carboxylic acids is 3. The van der Waals surface area contributed by atoms with Crippen molar-refractivity contribution >= 4 is 23.6 Å². The highest BCUT2D eigenvalue weighted by Gasteiger charge is 2.29.